The molecule has 1 heterocycles. The van der Waals surface area contributed by atoms with Crippen molar-refractivity contribution in [2.24, 2.45) is 11.1 Å². The molecule has 3 rings (SSSR count). The standard InChI is InChI=1S/C20H19ClF3N3O3/c21-18-4-2-1-3-14(18)13-30-25-12-15-11-17(27(28)29)5-6-19(15)26-9-7-16(8-10-26)20(22,23)24/h1-6,11-12,16H,7-10,13H2/b25-12-. The second-order valence-corrected chi connectivity index (χ2v) is 7.31. The van der Waals surface area contributed by atoms with Gasteiger partial charge in [-0.2, -0.15) is 13.2 Å². The summed E-state index contributed by atoms with van der Waals surface area (Å²) in [6.45, 7) is 0.504. The minimum absolute atomic E-state index is 0.0277. The molecule has 0 radical (unpaired) electrons. The van der Waals surface area contributed by atoms with Crippen molar-refractivity contribution in [3.63, 3.8) is 0 Å². The maximum atomic E-state index is 12.9. The molecule has 1 fully saturated rings. The molecule has 0 bridgehead atoms. The van der Waals surface area contributed by atoms with Crippen molar-refractivity contribution >= 4 is 29.2 Å². The van der Waals surface area contributed by atoms with Crippen LogP contribution in [0.3, 0.4) is 0 Å². The summed E-state index contributed by atoms with van der Waals surface area (Å²) in [6.07, 6.45) is -2.94. The summed E-state index contributed by atoms with van der Waals surface area (Å²) in [5.41, 5.74) is 1.56. The number of oxime groups is 1. The maximum absolute atomic E-state index is 12.9. The lowest BCUT2D eigenvalue weighted by Crippen LogP contribution is -2.39. The van der Waals surface area contributed by atoms with Gasteiger partial charge in [0.1, 0.15) is 6.61 Å². The first-order valence-electron chi connectivity index (χ1n) is 9.24. The van der Waals surface area contributed by atoms with Gasteiger partial charge in [-0.25, -0.2) is 0 Å². The van der Waals surface area contributed by atoms with E-state index in [1.54, 1.807) is 29.2 Å². The van der Waals surface area contributed by atoms with Gasteiger partial charge in [-0.1, -0.05) is 35.0 Å². The predicted molar refractivity (Wildman–Crippen MR) is 108 cm³/mol. The fraction of sp³-hybridized carbons (Fsp3) is 0.350. The van der Waals surface area contributed by atoms with Crippen LogP contribution in [0.25, 0.3) is 0 Å². The number of piperidine rings is 1. The molecule has 30 heavy (non-hydrogen) atoms. The number of non-ortho nitro benzene ring substituents is 1. The van der Waals surface area contributed by atoms with E-state index < -0.39 is 17.0 Å². The molecule has 1 saturated heterocycles. The molecule has 6 nitrogen and oxygen atoms in total. The second-order valence-electron chi connectivity index (χ2n) is 6.90. The smallest absolute Gasteiger partial charge is 0.391 e. The molecule has 0 unspecified atom stereocenters. The summed E-state index contributed by atoms with van der Waals surface area (Å²) in [5.74, 6) is -1.33. The first-order valence-corrected chi connectivity index (χ1v) is 9.62. The van der Waals surface area contributed by atoms with E-state index in [-0.39, 0.29) is 38.2 Å². The molecule has 0 atom stereocenters. The molecule has 0 aromatic heterocycles. The van der Waals surface area contributed by atoms with Gasteiger partial charge < -0.3 is 9.74 Å². The van der Waals surface area contributed by atoms with Crippen LogP contribution in [0.1, 0.15) is 24.0 Å². The molecule has 0 amide bonds. The Balaban J connectivity index is 1.74. The van der Waals surface area contributed by atoms with Gasteiger partial charge in [0, 0.05) is 47.1 Å². The highest BCUT2D eigenvalue weighted by molar-refractivity contribution is 6.31. The average Bonchev–Trinajstić information content (AvgIpc) is 2.71. The van der Waals surface area contributed by atoms with E-state index in [4.69, 9.17) is 16.4 Å². The highest BCUT2D eigenvalue weighted by atomic mass is 35.5. The van der Waals surface area contributed by atoms with Crippen molar-refractivity contribution in [1.29, 1.82) is 0 Å². The second kappa shape index (κ2) is 9.34. The Kier molecular flexibility index (Phi) is 6.81. The van der Waals surface area contributed by atoms with Gasteiger partial charge in [0.25, 0.3) is 5.69 Å². The van der Waals surface area contributed by atoms with Crippen LogP contribution in [0.5, 0.6) is 0 Å². The number of nitro groups is 1. The van der Waals surface area contributed by atoms with Crippen LogP contribution >= 0.6 is 11.6 Å². The van der Waals surface area contributed by atoms with E-state index in [1.807, 2.05) is 0 Å². The zero-order chi connectivity index (χ0) is 21.7. The first-order chi connectivity index (χ1) is 14.3. The summed E-state index contributed by atoms with van der Waals surface area (Å²) >= 11 is 6.05. The SMILES string of the molecule is O=[N+]([O-])c1ccc(N2CCC(C(F)(F)F)CC2)c(/C=N\OCc2ccccc2Cl)c1. The molecule has 0 spiro atoms. The van der Waals surface area contributed by atoms with Gasteiger partial charge in [-0.15, -0.1) is 0 Å². The van der Waals surface area contributed by atoms with Crippen molar-refractivity contribution in [3.05, 3.63) is 68.7 Å². The Morgan fingerprint density at radius 3 is 2.57 bits per heavy atom. The van der Waals surface area contributed by atoms with E-state index >= 15 is 0 Å². The highest BCUT2D eigenvalue weighted by Gasteiger charge is 2.41. The summed E-state index contributed by atoms with van der Waals surface area (Å²) in [5, 5.41) is 15.5. The molecule has 2 aromatic carbocycles. The number of alkyl halides is 3. The van der Waals surface area contributed by atoms with Crippen LogP contribution in [-0.4, -0.2) is 30.4 Å². The van der Waals surface area contributed by atoms with E-state index in [9.17, 15) is 23.3 Å². The Labute approximate surface area is 176 Å². The minimum Gasteiger partial charge on any atom is -0.391 e. The Bertz CT molecular complexity index is 929. The summed E-state index contributed by atoms with van der Waals surface area (Å²) in [6, 6.07) is 11.3. The van der Waals surface area contributed by atoms with Crippen LogP contribution in [-0.2, 0) is 11.4 Å². The predicted octanol–water partition coefficient (Wildman–Crippen LogP) is 5.58. The third-order valence-corrected chi connectivity index (χ3v) is 5.33. The van der Waals surface area contributed by atoms with Gasteiger partial charge in [0.15, 0.2) is 0 Å². The zero-order valence-corrected chi connectivity index (χ0v) is 16.6. The van der Waals surface area contributed by atoms with E-state index in [1.165, 1.54) is 24.4 Å². The lowest BCUT2D eigenvalue weighted by atomic mass is 9.95. The number of rotatable bonds is 6. The minimum atomic E-state index is -4.21. The Morgan fingerprint density at radius 1 is 1.23 bits per heavy atom. The monoisotopic (exact) mass is 441 g/mol. The van der Waals surface area contributed by atoms with E-state index in [2.05, 4.69) is 5.16 Å². The molecule has 0 N–H and O–H groups in total. The van der Waals surface area contributed by atoms with Crippen LogP contribution in [0, 0.1) is 16.0 Å². The summed E-state index contributed by atoms with van der Waals surface area (Å²) < 4.78 is 38.8. The lowest BCUT2D eigenvalue weighted by molar-refractivity contribution is -0.384. The first kappa shape index (κ1) is 21.9. The van der Waals surface area contributed by atoms with Crippen LogP contribution in [0.2, 0.25) is 5.02 Å². The number of nitro benzene ring substituents is 1. The average molecular weight is 442 g/mol. The van der Waals surface area contributed by atoms with Crippen molar-refractivity contribution in [2.75, 3.05) is 18.0 Å². The van der Waals surface area contributed by atoms with Crippen molar-refractivity contribution < 1.29 is 22.9 Å². The van der Waals surface area contributed by atoms with E-state index in [0.717, 1.165) is 5.56 Å². The van der Waals surface area contributed by atoms with Crippen molar-refractivity contribution in [1.82, 2.24) is 0 Å². The van der Waals surface area contributed by atoms with Crippen molar-refractivity contribution in [3.8, 4) is 0 Å². The quantitative estimate of drug-likeness (QED) is 0.333. The normalized spacial score (nSPS) is 15.5. The number of hydrogen-bond acceptors (Lipinski definition) is 5. The summed E-state index contributed by atoms with van der Waals surface area (Å²) in [4.78, 5) is 17.6. The number of halogens is 4. The Hall–Kier alpha value is -2.81. The van der Waals surface area contributed by atoms with Crippen LogP contribution in [0.4, 0.5) is 24.5 Å². The molecule has 2 aromatic rings. The molecule has 0 saturated carbocycles. The lowest BCUT2D eigenvalue weighted by Gasteiger charge is -2.35. The van der Waals surface area contributed by atoms with Gasteiger partial charge in [0.05, 0.1) is 17.1 Å². The molecule has 0 aliphatic carbocycles. The summed E-state index contributed by atoms with van der Waals surface area (Å²) in [7, 11) is 0. The van der Waals surface area contributed by atoms with Gasteiger partial charge in [-0.05, 0) is 25.0 Å². The van der Waals surface area contributed by atoms with E-state index in [0.29, 0.717) is 16.3 Å². The van der Waals surface area contributed by atoms with Crippen molar-refractivity contribution in [2.45, 2.75) is 25.6 Å². The Morgan fingerprint density at radius 2 is 1.93 bits per heavy atom. The van der Waals surface area contributed by atoms with Gasteiger partial charge in [-0.3, -0.25) is 10.1 Å². The topological polar surface area (TPSA) is 68.0 Å². The zero-order valence-electron chi connectivity index (χ0n) is 15.8. The molecule has 1 aliphatic heterocycles. The molecule has 1 aliphatic rings. The maximum Gasteiger partial charge on any atom is 0.391 e. The molecular formula is C20H19ClF3N3O3. The molecule has 10 heteroatoms. The fourth-order valence-electron chi connectivity index (χ4n) is 3.31. The highest BCUT2D eigenvalue weighted by Crippen LogP contribution is 2.36. The number of nitrogens with zero attached hydrogens (tertiary/aromatic N) is 3. The third-order valence-electron chi connectivity index (χ3n) is 4.96. The third kappa shape index (κ3) is 5.41. The van der Waals surface area contributed by atoms with Gasteiger partial charge in [0.2, 0.25) is 0 Å². The molecular weight excluding hydrogens is 423 g/mol. The van der Waals surface area contributed by atoms with Gasteiger partial charge >= 0.3 is 6.18 Å². The number of anilines is 1. The number of benzene rings is 2. The molecule has 160 valence electrons. The number of hydrogen-bond donors (Lipinski definition) is 0. The van der Waals surface area contributed by atoms with Crippen LogP contribution < -0.4 is 4.90 Å². The van der Waals surface area contributed by atoms with Crippen LogP contribution in [0.15, 0.2) is 47.6 Å². The largest absolute Gasteiger partial charge is 0.391 e. The fourth-order valence-corrected chi connectivity index (χ4v) is 3.50.